The van der Waals surface area contributed by atoms with E-state index in [1.54, 1.807) is 13.0 Å². The van der Waals surface area contributed by atoms with E-state index in [4.69, 9.17) is 0 Å². The molecule has 1 aliphatic rings. The molecule has 0 radical (unpaired) electrons. The average Bonchev–Trinajstić information content (AvgIpc) is 2.97. The summed E-state index contributed by atoms with van der Waals surface area (Å²) in [4.78, 5) is 12.2. The van der Waals surface area contributed by atoms with Crippen molar-refractivity contribution in [2.75, 3.05) is 31.1 Å². The maximum absolute atomic E-state index is 12.2. The first-order chi connectivity index (χ1) is 10.0. The van der Waals surface area contributed by atoms with E-state index in [2.05, 4.69) is 10.6 Å². The SMILES string of the molecule is CCS(=O)(=O)CCNC(=O)c1cccn1C1CCNCC1. The summed E-state index contributed by atoms with van der Waals surface area (Å²) in [7, 11) is -3.04. The van der Waals surface area contributed by atoms with Gasteiger partial charge in [-0.3, -0.25) is 4.79 Å². The summed E-state index contributed by atoms with van der Waals surface area (Å²) in [6.07, 6.45) is 3.92. The summed E-state index contributed by atoms with van der Waals surface area (Å²) in [5.41, 5.74) is 0.607. The van der Waals surface area contributed by atoms with Crippen molar-refractivity contribution in [2.45, 2.75) is 25.8 Å². The van der Waals surface area contributed by atoms with Gasteiger partial charge in [-0.15, -0.1) is 0 Å². The van der Waals surface area contributed by atoms with Crippen molar-refractivity contribution in [1.29, 1.82) is 0 Å². The molecular formula is C14H23N3O3S. The van der Waals surface area contributed by atoms with Gasteiger partial charge >= 0.3 is 0 Å². The molecule has 2 rings (SSSR count). The van der Waals surface area contributed by atoms with Crippen LogP contribution in [0.15, 0.2) is 18.3 Å². The van der Waals surface area contributed by atoms with Crippen molar-refractivity contribution in [2.24, 2.45) is 0 Å². The molecule has 7 heteroatoms. The zero-order chi connectivity index (χ0) is 15.3. The summed E-state index contributed by atoms with van der Waals surface area (Å²) < 4.78 is 24.8. The minimum absolute atomic E-state index is 0.0106. The van der Waals surface area contributed by atoms with Crippen LogP contribution in [0.3, 0.4) is 0 Å². The molecular weight excluding hydrogens is 290 g/mol. The molecule has 0 bridgehead atoms. The fourth-order valence-electron chi connectivity index (χ4n) is 2.54. The second-order valence-electron chi connectivity index (χ2n) is 5.27. The lowest BCUT2D eigenvalue weighted by atomic mass is 10.1. The number of carbonyl (C=O) groups is 1. The molecule has 2 heterocycles. The molecule has 1 aromatic rings. The van der Waals surface area contributed by atoms with Gasteiger partial charge in [-0.1, -0.05) is 6.92 Å². The van der Waals surface area contributed by atoms with E-state index < -0.39 is 9.84 Å². The maximum Gasteiger partial charge on any atom is 0.267 e. The van der Waals surface area contributed by atoms with Crippen molar-refractivity contribution < 1.29 is 13.2 Å². The van der Waals surface area contributed by atoms with Gasteiger partial charge in [0.1, 0.15) is 5.69 Å². The zero-order valence-electron chi connectivity index (χ0n) is 12.3. The molecule has 6 nitrogen and oxygen atoms in total. The van der Waals surface area contributed by atoms with Crippen LogP contribution in [-0.2, 0) is 9.84 Å². The third-order valence-corrected chi connectivity index (χ3v) is 5.56. The second-order valence-corrected chi connectivity index (χ2v) is 7.75. The van der Waals surface area contributed by atoms with E-state index in [1.165, 1.54) is 0 Å². The lowest BCUT2D eigenvalue weighted by molar-refractivity contribution is 0.0943. The third-order valence-electron chi connectivity index (χ3n) is 3.85. The number of rotatable bonds is 6. The van der Waals surface area contributed by atoms with E-state index in [0.29, 0.717) is 11.7 Å². The number of aromatic nitrogens is 1. The Morgan fingerprint density at radius 2 is 2.14 bits per heavy atom. The van der Waals surface area contributed by atoms with E-state index in [-0.39, 0.29) is 24.0 Å². The molecule has 2 N–H and O–H groups in total. The Morgan fingerprint density at radius 1 is 1.43 bits per heavy atom. The van der Waals surface area contributed by atoms with Gasteiger partial charge in [0, 0.05) is 24.5 Å². The highest BCUT2D eigenvalue weighted by Gasteiger charge is 2.20. The molecule has 1 amide bonds. The van der Waals surface area contributed by atoms with Crippen molar-refractivity contribution in [3.63, 3.8) is 0 Å². The number of amides is 1. The van der Waals surface area contributed by atoms with Gasteiger partial charge in [0.25, 0.3) is 5.91 Å². The fraction of sp³-hybridized carbons (Fsp3) is 0.643. The molecule has 1 fully saturated rings. The number of sulfone groups is 1. The van der Waals surface area contributed by atoms with Crippen molar-refractivity contribution in [1.82, 2.24) is 15.2 Å². The van der Waals surface area contributed by atoms with Crippen LogP contribution in [0.4, 0.5) is 0 Å². The first-order valence-electron chi connectivity index (χ1n) is 7.39. The van der Waals surface area contributed by atoms with Gasteiger partial charge < -0.3 is 15.2 Å². The molecule has 1 aliphatic heterocycles. The molecule has 0 saturated carbocycles. The lowest BCUT2D eigenvalue weighted by Crippen LogP contribution is -2.34. The van der Waals surface area contributed by atoms with Gasteiger partial charge in [0.05, 0.1) is 5.75 Å². The van der Waals surface area contributed by atoms with Gasteiger partial charge in [-0.05, 0) is 38.1 Å². The zero-order valence-corrected chi connectivity index (χ0v) is 13.2. The summed E-state index contributed by atoms with van der Waals surface area (Å²) >= 11 is 0. The molecule has 1 saturated heterocycles. The number of nitrogens with one attached hydrogen (secondary N) is 2. The highest BCUT2D eigenvalue weighted by Crippen LogP contribution is 2.21. The smallest absolute Gasteiger partial charge is 0.267 e. The topological polar surface area (TPSA) is 80.2 Å². The first-order valence-corrected chi connectivity index (χ1v) is 9.22. The first kappa shape index (κ1) is 16.0. The minimum atomic E-state index is -3.04. The molecule has 0 aliphatic carbocycles. The van der Waals surface area contributed by atoms with Crippen LogP contribution in [0.1, 0.15) is 36.3 Å². The fourth-order valence-corrected chi connectivity index (χ4v) is 3.25. The third kappa shape index (κ3) is 4.31. The van der Waals surface area contributed by atoms with Gasteiger partial charge in [-0.2, -0.15) is 0 Å². The molecule has 118 valence electrons. The predicted octanol–water partition coefficient (Wildman–Crippen LogP) is 0.577. The molecule has 0 aromatic carbocycles. The van der Waals surface area contributed by atoms with Crippen LogP contribution >= 0.6 is 0 Å². The summed E-state index contributed by atoms with van der Waals surface area (Å²) in [6, 6.07) is 3.98. The quantitative estimate of drug-likeness (QED) is 0.805. The van der Waals surface area contributed by atoms with Crippen molar-refractivity contribution in [3.8, 4) is 0 Å². The Hall–Kier alpha value is -1.34. The average molecular weight is 313 g/mol. The summed E-state index contributed by atoms with van der Waals surface area (Å²) in [5.74, 6) is -0.109. The van der Waals surface area contributed by atoms with Crippen LogP contribution in [-0.4, -0.2) is 50.0 Å². The Labute approximate surface area is 125 Å². The molecule has 0 unspecified atom stereocenters. The van der Waals surface area contributed by atoms with Gasteiger partial charge in [0.15, 0.2) is 9.84 Å². The molecule has 21 heavy (non-hydrogen) atoms. The lowest BCUT2D eigenvalue weighted by Gasteiger charge is -2.25. The number of hydrogen-bond acceptors (Lipinski definition) is 4. The normalized spacial score (nSPS) is 16.8. The second kappa shape index (κ2) is 7.09. The molecule has 0 spiro atoms. The molecule has 1 aromatic heterocycles. The minimum Gasteiger partial charge on any atom is -0.350 e. The number of hydrogen-bond donors (Lipinski definition) is 2. The van der Waals surface area contributed by atoms with E-state index in [0.717, 1.165) is 25.9 Å². The largest absolute Gasteiger partial charge is 0.350 e. The van der Waals surface area contributed by atoms with E-state index in [1.807, 2.05) is 16.8 Å². The summed E-state index contributed by atoms with van der Waals surface area (Å²) in [5, 5.41) is 6.00. The van der Waals surface area contributed by atoms with Crippen LogP contribution in [0.25, 0.3) is 0 Å². The van der Waals surface area contributed by atoms with E-state index >= 15 is 0 Å². The monoisotopic (exact) mass is 313 g/mol. The maximum atomic E-state index is 12.2. The van der Waals surface area contributed by atoms with Crippen LogP contribution < -0.4 is 10.6 Å². The van der Waals surface area contributed by atoms with Crippen LogP contribution in [0, 0.1) is 0 Å². The van der Waals surface area contributed by atoms with Gasteiger partial charge in [-0.25, -0.2) is 8.42 Å². The number of piperidine rings is 1. The van der Waals surface area contributed by atoms with E-state index in [9.17, 15) is 13.2 Å². The van der Waals surface area contributed by atoms with Gasteiger partial charge in [0.2, 0.25) is 0 Å². The Bertz CT molecular complexity index is 574. The highest BCUT2D eigenvalue weighted by molar-refractivity contribution is 7.91. The Kier molecular flexibility index (Phi) is 5.41. The Morgan fingerprint density at radius 3 is 2.81 bits per heavy atom. The molecule has 0 atom stereocenters. The number of nitrogens with zero attached hydrogens (tertiary/aromatic N) is 1. The summed E-state index contributed by atoms with van der Waals surface area (Å²) in [6.45, 7) is 3.68. The highest BCUT2D eigenvalue weighted by atomic mass is 32.2. The Balaban J connectivity index is 1.95. The standard InChI is InChI=1S/C14H23N3O3S/c1-2-21(19,20)11-9-16-14(18)13-4-3-10-17(13)12-5-7-15-8-6-12/h3-4,10,12,15H,2,5-9,11H2,1H3,(H,16,18). The van der Waals surface area contributed by atoms with Crippen molar-refractivity contribution in [3.05, 3.63) is 24.0 Å². The van der Waals surface area contributed by atoms with Crippen LogP contribution in [0.5, 0.6) is 0 Å². The predicted molar refractivity (Wildman–Crippen MR) is 82.2 cm³/mol. The number of carbonyl (C=O) groups excluding carboxylic acids is 1. The van der Waals surface area contributed by atoms with Crippen molar-refractivity contribution >= 4 is 15.7 Å². The van der Waals surface area contributed by atoms with Crippen LogP contribution in [0.2, 0.25) is 0 Å².